The number of hydrogen-bond acceptors (Lipinski definition) is 1. The van der Waals surface area contributed by atoms with Gasteiger partial charge in [-0.15, -0.1) is 0 Å². The van der Waals surface area contributed by atoms with E-state index in [9.17, 15) is 0 Å². The van der Waals surface area contributed by atoms with E-state index in [2.05, 4.69) is 52.8 Å². The Morgan fingerprint density at radius 2 is 1.70 bits per heavy atom. The lowest BCUT2D eigenvalue weighted by Gasteiger charge is -2.42. The van der Waals surface area contributed by atoms with Gasteiger partial charge in [-0.05, 0) is 74.0 Å². The Morgan fingerprint density at radius 3 is 2.20 bits per heavy atom. The van der Waals surface area contributed by atoms with Crippen LogP contribution in [0.3, 0.4) is 0 Å². The highest BCUT2D eigenvalue weighted by atomic mass is 14.7. The molecule has 1 aromatic carbocycles. The van der Waals surface area contributed by atoms with Crippen molar-refractivity contribution < 1.29 is 0 Å². The predicted molar refractivity (Wildman–Crippen MR) is 88.0 cm³/mol. The quantitative estimate of drug-likeness (QED) is 0.824. The van der Waals surface area contributed by atoms with Crippen molar-refractivity contribution in [2.45, 2.75) is 72.3 Å². The SMILES string of the molecule is Cc1ccc(CC2(N)CCC(C(C)(C)C)CC2)cc1C. The monoisotopic (exact) mass is 273 g/mol. The Kier molecular flexibility index (Phi) is 4.30. The topological polar surface area (TPSA) is 26.0 Å². The van der Waals surface area contributed by atoms with Crippen LogP contribution in [-0.2, 0) is 6.42 Å². The maximum Gasteiger partial charge on any atom is 0.0195 e. The van der Waals surface area contributed by atoms with Gasteiger partial charge in [-0.2, -0.15) is 0 Å². The van der Waals surface area contributed by atoms with Gasteiger partial charge >= 0.3 is 0 Å². The summed E-state index contributed by atoms with van der Waals surface area (Å²) in [5.74, 6) is 0.832. The average molecular weight is 273 g/mol. The maximum atomic E-state index is 6.68. The summed E-state index contributed by atoms with van der Waals surface area (Å²) in [6.45, 7) is 11.5. The average Bonchev–Trinajstić information content (AvgIpc) is 2.33. The van der Waals surface area contributed by atoms with E-state index in [1.54, 1.807) is 0 Å². The van der Waals surface area contributed by atoms with Crippen LogP contribution < -0.4 is 5.73 Å². The van der Waals surface area contributed by atoms with Crippen molar-refractivity contribution in [3.05, 3.63) is 34.9 Å². The van der Waals surface area contributed by atoms with E-state index >= 15 is 0 Å². The molecule has 2 rings (SSSR count). The van der Waals surface area contributed by atoms with Gasteiger partial charge in [0.15, 0.2) is 0 Å². The van der Waals surface area contributed by atoms with Crippen LogP contribution in [0.4, 0.5) is 0 Å². The van der Waals surface area contributed by atoms with Crippen molar-refractivity contribution in [2.24, 2.45) is 17.1 Å². The third-order valence-electron chi connectivity index (χ3n) is 5.33. The molecule has 1 aliphatic rings. The zero-order chi connectivity index (χ0) is 15.0. The minimum Gasteiger partial charge on any atom is -0.325 e. The summed E-state index contributed by atoms with van der Waals surface area (Å²) in [5.41, 5.74) is 11.3. The van der Waals surface area contributed by atoms with Crippen LogP contribution in [0.1, 0.15) is 63.1 Å². The van der Waals surface area contributed by atoms with Crippen LogP contribution in [0, 0.1) is 25.2 Å². The highest BCUT2D eigenvalue weighted by molar-refractivity contribution is 5.31. The molecular formula is C19H31N. The van der Waals surface area contributed by atoms with E-state index in [1.807, 2.05) is 0 Å². The molecule has 1 nitrogen and oxygen atoms in total. The minimum absolute atomic E-state index is 0.0173. The second-order valence-electron chi connectivity index (χ2n) is 8.10. The van der Waals surface area contributed by atoms with Crippen molar-refractivity contribution in [1.29, 1.82) is 0 Å². The number of benzene rings is 1. The van der Waals surface area contributed by atoms with Crippen LogP contribution in [0.5, 0.6) is 0 Å². The molecule has 2 N–H and O–H groups in total. The summed E-state index contributed by atoms with van der Waals surface area (Å²) in [5, 5.41) is 0. The van der Waals surface area contributed by atoms with Gasteiger partial charge in [0.25, 0.3) is 0 Å². The molecule has 0 atom stereocenters. The van der Waals surface area contributed by atoms with Crippen LogP contribution in [-0.4, -0.2) is 5.54 Å². The molecule has 0 radical (unpaired) electrons. The summed E-state index contributed by atoms with van der Waals surface area (Å²) in [6.07, 6.45) is 5.93. The largest absolute Gasteiger partial charge is 0.325 e. The normalized spacial score (nSPS) is 27.6. The molecule has 0 unspecified atom stereocenters. The van der Waals surface area contributed by atoms with Gasteiger partial charge in [0.2, 0.25) is 0 Å². The summed E-state index contributed by atoms with van der Waals surface area (Å²) in [6, 6.07) is 6.81. The molecule has 112 valence electrons. The second kappa shape index (κ2) is 5.52. The summed E-state index contributed by atoms with van der Waals surface area (Å²) >= 11 is 0. The van der Waals surface area contributed by atoms with E-state index in [0.29, 0.717) is 5.41 Å². The first-order valence-corrected chi connectivity index (χ1v) is 8.05. The minimum atomic E-state index is 0.0173. The molecule has 0 saturated heterocycles. The predicted octanol–water partition coefficient (Wildman–Crippen LogP) is 4.78. The van der Waals surface area contributed by atoms with Gasteiger partial charge < -0.3 is 5.73 Å². The van der Waals surface area contributed by atoms with E-state index < -0.39 is 0 Å². The van der Waals surface area contributed by atoms with Gasteiger partial charge in [-0.25, -0.2) is 0 Å². The Labute approximate surface area is 125 Å². The summed E-state index contributed by atoms with van der Waals surface area (Å²) < 4.78 is 0. The smallest absolute Gasteiger partial charge is 0.0195 e. The molecule has 1 saturated carbocycles. The summed E-state index contributed by atoms with van der Waals surface area (Å²) in [7, 11) is 0. The highest BCUT2D eigenvalue weighted by Gasteiger charge is 2.36. The first-order chi connectivity index (χ1) is 9.20. The fourth-order valence-corrected chi connectivity index (χ4v) is 3.56. The maximum absolute atomic E-state index is 6.68. The Hall–Kier alpha value is -0.820. The molecule has 1 aromatic rings. The van der Waals surface area contributed by atoms with Crippen molar-refractivity contribution in [3.63, 3.8) is 0 Å². The van der Waals surface area contributed by atoms with Gasteiger partial charge in [-0.3, -0.25) is 0 Å². The Bertz CT molecular complexity index is 459. The van der Waals surface area contributed by atoms with Crippen LogP contribution in [0.2, 0.25) is 0 Å². The van der Waals surface area contributed by atoms with E-state index in [-0.39, 0.29) is 5.54 Å². The Morgan fingerprint density at radius 1 is 1.10 bits per heavy atom. The molecule has 0 spiro atoms. The fraction of sp³-hybridized carbons (Fsp3) is 0.684. The van der Waals surface area contributed by atoms with Gasteiger partial charge in [0.1, 0.15) is 0 Å². The number of rotatable bonds is 2. The molecule has 0 aliphatic heterocycles. The lowest BCUT2D eigenvalue weighted by atomic mass is 9.66. The molecule has 0 bridgehead atoms. The van der Waals surface area contributed by atoms with Crippen molar-refractivity contribution in [2.75, 3.05) is 0 Å². The fourth-order valence-electron chi connectivity index (χ4n) is 3.56. The van der Waals surface area contributed by atoms with Crippen LogP contribution in [0.15, 0.2) is 18.2 Å². The number of hydrogen-bond donors (Lipinski definition) is 1. The zero-order valence-electron chi connectivity index (χ0n) is 13.9. The van der Waals surface area contributed by atoms with E-state index in [0.717, 1.165) is 12.3 Å². The molecule has 0 amide bonds. The van der Waals surface area contributed by atoms with Gasteiger partial charge in [-0.1, -0.05) is 39.0 Å². The molecule has 0 heterocycles. The molecule has 0 aromatic heterocycles. The first kappa shape index (κ1) is 15.6. The summed E-state index contributed by atoms with van der Waals surface area (Å²) in [4.78, 5) is 0. The van der Waals surface area contributed by atoms with Crippen molar-refractivity contribution in [1.82, 2.24) is 0 Å². The van der Waals surface area contributed by atoms with Gasteiger partial charge in [0, 0.05) is 5.54 Å². The Balaban J connectivity index is 2.01. The standard InChI is InChI=1S/C19H31N/c1-14-6-7-16(12-15(14)2)13-19(20)10-8-17(9-11-19)18(3,4)5/h6-7,12,17H,8-11,13,20H2,1-5H3. The molecule has 1 heteroatoms. The zero-order valence-corrected chi connectivity index (χ0v) is 13.9. The third-order valence-corrected chi connectivity index (χ3v) is 5.33. The molecule has 1 aliphatic carbocycles. The van der Waals surface area contributed by atoms with Crippen molar-refractivity contribution in [3.8, 4) is 0 Å². The van der Waals surface area contributed by atoms with Crippen LogP contribution >= 0.6 is 0 Å². The van der Waals surface area contributed by atoms with E-state index in [4.69, 9.17) is 5.73 Å². The van der Waals surface area contributed by atoms with E-state index in [1.165, 1.54) is 42.4 Å². The molecule has 1 fully saturated rings. The number of aryl methyl sites for hydroxylation is 2. The highest BCUT2D eigenvalue weighted by Crippen LogP contribution is 2.41. The molecular weight excluding hydrogens is 242 g/mol. The van der Waals surface area contributed by atoms with Crippen LogP contribution in [0.25, 0.3) is 0 Å². The number of nitrogens with two attached hydrogens (primary N) is 1. The van der Waals surface area contributed by atoms with Gasteiger partial charge in [0.05, 0.1) is 0 Å². The second-order valence-corrected chi connectivity index (χ2v) is 8.10. The first-order valence-electron chi connectivity index (χ1n) is 8.05. The molecule has 20 heavy (non-hydrogen) atoms. The van der Waals surface area contributed by atoms with Crippen molar-refractivity contribution >= 4 is 0 Å². The third kappa shape index (κ3) is 3.63. The lowest BCUT2D eigenvalue weighted by Crippen LogP contribution is -2.46. The lowest BCUT2D eigenvalue weighted by molar-refractivity contribution is 0.134.